The Morgan fingerprint density at radius 1 is 1.17 bits per heavy atom. The van der Waals surface area contributed by atoms with Crippen LogP contribution >= 0.6 is 0 Å². The van der Waals surface area contributed by atoms with E-state index >= 15 is 0 Å². The van der Waals surface area contributed by atoms with E-state index in [1.165, 1.54) is 0 Å². The van der Waals surface area contributed by atoms with Crippen molar-refractivity contribution in [2.75, 3.05) is 5.32 Å². The molecule has 1 amide bonds. The number of carboxylic acid groups (broad SMARTS) is 1. The second-order valence-corrected chi connectivity index (χ2v) is 4.41. The molecule has 0 bridgehead atoms. The van der Waals surface area contributed by atoms with Crippen LogP contribution in [0.25, 0.3) is 0 Å². The molecule has 0 radical (unpaired) electrons. The minimum atomic E-state index is -1.34. The van der Waals surface area contributed by atoms with Crippen molar-refractivity contribution in [2.45, 2.75) is 33.6 Å². The van der Waals surface area contributed by atoms with Crippen LogP contribution in [0.1, 0.15) is 32.3 Å². The predicted octanol–water partition coefficient (Wildman–Crippen LogP) is 2.82. The molecular formula is C14H19NO3. The molecule has 1 rings (SSSR count). The first-order valence-electron chi connectivity index (χ1n) is 6.07. The molecule has 1 aromatic rings. The summed E-state index contributed by atoms with van der Waals surface area (Å²) in [5.74, 6) is -1.53. The zero-order valence-corrected chi connectivity index (χ0v) is 11.0. The highest BCUT2D eigenvalue weighted by Gasteiger charge is 2.42. The smallest absolute Gasteiger partial charge is 0.319 e. The number of rotatable bonds is 5. The SMILES string of the molecule is CCC(CC)(C(=O)O)C(=O)Nc1ccc(C)cc1. The maximum atomic E-state index is 12.1. The van der Waals surface area contributed by atoms with Crippen molar-refractivity contribution >= 4 is 17.6 Å². The molecule has 1 aromatic carbocycles. The van der Waals surface area contributed by atoms with Gasteiger partial charge in [0.25, 0.3) is 0 Å². The highest BCUT2D eigenvalue weighted by atomic mass is 16.4. The normalized spacial score (nSPS) is 11.1. The number of carboxylic acids is 1. The van der Waals surface area contributed by atoms with Crippen LogP contribution in [0.3, 0.4) is 0 Å². The molecule has 98 valence electrons. The van der Waals surface area contributed by atoms with Gasteiger partial charge in [-0.15, -0.1) is 0 Å². The van der Waals surface area contributed by atoms with E-state index in [1.807, 2.05) is 19.1 Å². The van der Waals surface area contributed by atoms with Gasteiger partial charge in [0.2, 0.25) is 5.91 Å². The molecule has 0 saturated heterocycles. The Hall–Kier alpha value is -1.84. The van der Waals surface area contributed by atoms with Crippen LogP contribution in [0.2, 0.25) is 0 Å². The number of nitrogens with one attached hydrogen (secondary N) is 1. The summed E-state index contributed by atoms with van der Waals surface area (Å²) in [6.07, 6.45) is 0.549. The fraction of sp³-hybridized carbons (Fsp3) is 0.429. The van der Waals surface area contributed by atoms with Gasteiger partial charge in [-0.2, -0.15) is 0 Å². The van der Waals surface area contributed by atoms with E-state index in [-0.39, 0.29) is 12.8 Å². The second-order valence-electron chi connectivity index (χ2n) is 4.41. The number of aryl methyl sites for hydroxylation is 1. The third-order valence-corrected chi connectivity index (χ3v) is 3.36. The molecule has 0 aliphatic heterocycles. The number of anilines is 1. The molecule has 0 aliphatic rings. The Kier molecular flexibility index (Phi) is 4.48. The minimum Gasteiger partial charge on any atom is -0.480 e. The van der Waals surface area contributed by atoms with Gasteiger partial charge >= 0.3 is 5.97 Å². The average Bonchev–Trinajstić information content (AvgIpc) is 2.34. The van der Waals surface area contributed by atoms with Crippen LogP contribution < -0.4 is 5.32 Å². The van der Waals surface area contributed by atoms with Crippen molar-refractivity contribution in [3.05, 3.63) is 29.8 Å². The predicted molar refractivity (Wildman–Crippen MR) is 70.5 cm³/mol. The zero-order valence-electron chi connectivity index (χ0n) is 11.0. The van der Waals surface area contributed by atoms with Gasteiger partial charge in [0.15, 0.2) is 0 Å². The molecule has 0 spiro atoms. The van der Waals surface area contributed by atoms with E-state index in [4.69, 9.17) is 0 Å². The van der Waals surface area contributed by atoms with Gasteiger partial charge in [-0.25, -0.2) is 0 Å². The van der Waals surface area contributed by atoms with Gasteiger partial charge in [-0.3, -0.25) is 9.59 Å². The van der Waals surface area contributed by atoms with E-state index in [1.54, 1.807) is 26.0 Å². The Balaban J connectivity index is 2.92. The topological polar surface area (TPSA) is 66.4 Å². The number of amides is 1. The van der Waals surface area contributed by atoms with E-state index < -0.39 is 17.3 Å². The fourth-order valence-electron chi connectivity index (χ4n) is 1.86. The molecule has 0 aromatic heterocycles. The van der Waals surface area contributed by atoms with Gasteiger partial charge in [-0.1, -0.05) is 31.5 Å². The Morgan fingerprint density at radius 3 is 2.06 bits per heavy atom. The summed E-state index contributed by atoms with van der Waals surface area (Å²) in [6.45, 7) is 5.38. The number of hydrogen-bond acceptors (Lipinski definition) is 2. The third kappa shape index (κ3) is 2.70. The van der Waals surface area contributed by atoms with Gasteiger partial charge in [0, 0.05) is 5.69 Å². The zero-order chi connectivity index (χ0) is 13.8. The van der Waals surface area contributed by atoms with Crippen LogP contribution in [0.5, 0.6) is 0 Å². The maximum absolute atomic E-state index is 12.1. The molecule has 0 heterocycles. The third-order valence-electron chi connectivity index (χ3n) is 3.36. The first-order valence-corrected chi connectivity index (χ1v) is 6.07. The van der Waals surface area contributed by atoms with Crippen LogP contribution in [-0.2, 0) is 9.59 Å². The highest BCUT2D eigenvalue weighted by molar-refractivity contribution is 6.08. The highest BCUT2D eigenvalue weighted by Crippen LogP contribution is 2.28. The lowest BCUT2D eigenvalue weighted by molar-refractivity contribution is -0.154. The van der Waals surface area contributed by atoms with Crippen LogP contribution in [-0.4, -0.2) is 17.0 Å². The monoisotopic (exact) mass is 249 g/mol. The molecule has 2 N–H and O–H groups in total. The van der Waals surface area contributed by atoms with Crippen molar-refractivity contribution in [3.63, 3.8) is 0 Å². The molecule has 4 nitrogen and oxygen atoms in total. The summed E-state index contributed by atoms with van der Waals surface area (Å²) in [7, 11) is 0. The lowest BCUT2D eigenvalue weighted by Gasteiger charge is -2.25. The molecule has 18 heavy (non-hydrogen) atoms. The van der Waals surface area contributed by atoms with E-state index in [2.05, 4.69) is 5.32 Å². The van der Waals surface area contributed by atoms with Crippen LogP contribution in [0.4, 0.5) is 5.69 Å². The Morgan fingerprint density at radius 2 is 1.67 bits per heavy atom. The molecule has 0 atom stereocenters. The second kappa shape index (κ2) is 5.67. The number of benzene rings is 1. The van der Waals surface area contributed by atoms with Crippen molar-refractivity contribution in [1.29, 1.82) is 0 Å². The van der Waals surface area contributed by atoms with E-state index in [9.17, 15) is 14.7 Å². The molecule has 0 fully saturated rings. The number of carbonyl (C=O) groups excluding carboxylic acids is 1. The maximum Gasteiger partial charge on any atom is 0.319 e. The fourth-order valence-corrected chi connectivity index (χ4v) is 1.86. The number of hydrogen-bond donors (Lipinski definition) is 2. The summed E-state index contributed by atoms with van der Waals surface area (Å²) in [4.78, 5) is 23.4. The lowest BCUT2D eigenvalue weighted by atomic mass is 9.81. The molecule has 0 aliphatic carbocycles. The van der Waals surface area contributed by atoms with Crippen LogP contribution in [0, 0.1) is 12.3 Å². The van der Waals surface area contributed by atoms with Crippen molar-refractivity contribution < 1.29 is 14.7 Å². The first kappa shape index (κ1) is 14.2. The molecular weight excluding hydrogens is 230 g/mol. The quantitative estimate of drug-likeness (QED) is 0.788. The largest absolute Gasteiger partial charge is 0.480 e. The van der Waals surface area contributed by atoms with Gasteiger partial charge in [0.1, 0.15) is 5.41 Å². The lowest BCUT2D eigenvalue weighted by Crippen LogP contribution is -2.42. The molecule has 4 heteroatoms. The summed E-state index contributed by atoms with van der Waals surface area (Å²) >= 11 is 0. The number of aliphatic carboxylic acids is 1. The summed E-state index contributed by atoms with van der Waals surface area (Å²) in [5, 5.41) is 11.9. The van der Waals surface area contributed by atoms with Crippen molar-refractivity contribution in [1.82, 2.24) is 0 Å². The standard InChI is InChI=1S/C14H19NO3/c1-4-14(5-2,13(17)18)12(16)15-11-8-6-10(3)7-9-11/h6-9H,4-5H2,1-3H3,(H,15,16)(H,17,18). The van der Waals surface area contributed by atoms with E-state index in [0.29, 0.717) is 5.69 Å². The van der Waals surface area contributed by atoms with Crippen molar-refractivity contribution in [3.8, 4) is 0 Å². The molecule has 0 saturated carbocycles. The van der Waals surface area contributed by atoms with Gasteiger partial charge in [-0.05, 0) is 31.9 Å². The van der Waals surface area contributed by atoms with Gasteiger partial charge < -0.3 is 10.4 Å². The summed E-state index contributed by atoms with van der Waals surface area (Å²) in [5.41, 5.74) is 0.367. The number of carbonyl (C=O) groups is 2. The van der Waals surface area contributed by atoms with Gasteiger partial charge in [0.05, 0.1) is 0 Å². The Bertz CT molecular complexity index is 433. The summed E-state index contributed by atoms with van der Waals surface area (Å²) < 4.78 is 0. The Labute approximate surface area is 107 Å². The molecule has 0 unspecified atom stereocenters. The van der Waals surface area contributed by atoms with Crippen molar-refractivity contribution in [2.24, 2.45) is 5.41 Å². The summed E-state index contributed by atoms with van der Waals surface area (Å²) in [6, 6.07) is 7.28. The first-order chi connectivity index (χ1) is 8.46. The van der Waals surface area contributed by atoms with Crippen LogP contribution in [0.15, 0.2) is 24.3 Å². The minimum absolute atomic E-state index is 0.274. The average molecular weight is 249 g/mol. The van der Waals surface area contributed by atoms with E-state index in [0.717, 1.165) is 5.56 Å².